The summed E-state index contributed by atoms with van der Waals surface area (Å²) in [6, 6.07) is 1.78. The third-order valence-electron chi connectivity index (χ3n) is 3.86. The van der Waals surface area contributed by atoms with Crippen LogP contribution in [0.1, 0.15) is 0 Å². The molecule has 1 aromatic carbocycles. The van der Waals surface area contributed by atoms with Crippen LogP contribution in [0.15, 0.2) is 18.2 Å². The Morgan fingerprint density at radius 1 is 0.970 bits per heavy atom. The van der Waals surface area contributed by atoms with Gasteiger partial charge < -0.3 is 24.9 Å². The normalized spacial score (nSPS) is 28.5. The Morgan fingerprint density at radius 2 is 1.42 bits per heavy atom. The molecule has 1 aromatic rings. The minimum Gasteiger partial charge on any atom is -0.548 e. The molecule has 8 nitrogen and oxygen atoms in total. The Labute approximate surface area is 301 Å². The molecule has 0 saturated carbocycles. The summed E-state index contributed by atoms with van der Waals surface area (Å²) in [5.74, 6) is -3.66. The van der Waals surface area contributed by atoms with Crippen LogP contribution in [0.2, 0.25) is 0 Å². The quantitative estimate of drug-likeness (QED) is 0.0614. The number of phenolic OH excluding ortho intramolecular Hbond substituents is 1. The molecule has 0 aliphatic heterocycles. The fraction of sp³-hybridized carbons (Fsp3) is 0.286. The number of carbonyl (C=O) groups is 2. The molecule has 0 bridgehead atoms. The Kier molecular flexibility index (Phi) is 16.8. The largest absolute Gasteiger partial charge is 1.00 e. The zero-order chi connectivity index (χ0) is 24.7. The molecule has 2 rings (SSSR count). The molecule has 0 spiro atoms. The molecule has 0 radical (unpaired) electrons. The number of hydrogen-bond donors (Lipinski definition) is 2. The second-order valence-corrected chi connectivity index (χ2v) is 16.8. The number of phenols is 1. The molecule has 0 heterocycles. The zero-order valence-corrected chi connectivity index (χ0v) is 31.9. The molecular formula is C14H6Br4I4Li2O8S. The van der Waals surface area contributed by atoms with E-state index in [2.05, 4.69) is 154 Å². The van der Waals surface area contributed by atoms with Crippen LogP contribution in [0.5, 0.6) is 5.75 Å². The van der Waals surface area contributed by atoms with Crippen molar-refractivity contribution in [2.45, 2.75) is 17.1 Å². The second kappa shape index (κ2) is 14.3. The van der Waals surface area contributed by atoms with Crippen LogP contribution in [0.3, 0.4) is 0 Å². The predicted molar refractivity (Wildman–Crippen MR) is 157 cm³/mol. The number of halogens is 8. The fourth-order valence-corrected chi connectivity index (χ4v) is 10.6. The summed E-state index contributed by atoms with van der Waals surface area (Å²) in [5.41, 5.74) is 0. The van der Waals surface area contributed by atoms with Crippen LogP contribution in [-0.2, 0) is 19.7 Å². The first-order valence-corrected chi connectivity index (χ1v) is 16.2. The maximum Gasteiger partial charge on any atom is 1.00 e. The molecule has 4 unspecified atom stereocenters. The van der Waals surface area contributed by atoms with Crippen molar-refractivity contribution in [3.8, 4) is 5.75 Å². The molecule has 0 fully saturated rings. The van der Waals surface area contributed by atoms with E-state index in [-0.39, 0.29) is 37.7 Å². The van der Waals surface area contributed by atoms with Gasteiger partial charge in [-0.05, 0) is 96.4 Å². The molecule has 0 amide bonds. The molecular weight excluding hydrogens is 1170 g/mol. The molecule has 1 aliphatic rings. The van der Waals surface area contributed by atoms with Gasteiger partial charge in [-0.15, -0.1) is 0 Å². The van der Waals surface area contributed by atoms with Crippen molar-refractivity contribution in [1.82, 2.24) is 0 Å². The van der Waals surface area contributed by atoms with Crippen molar-refractivity contribution < 1.29 is 75.6 Å². The summed E-state index contributed by atoms with van der Waals surface area (Å²) in [5, 5.41) is 32.1. The molecule has 1 aliphatic carbocycles. The summed E-state index contributed by atoms with van der Waals surface area (Å²) in [6.07, 6.45) is 1.91. The number of hydrogen-bond acceptors (Lipinski definition) is 7. The predicted octanol–water partition coefficient (Wildman–Crippen LogP) is -3.12. The zero-order valence-electron chi connectivity index (χ0n) is 16.1. The number of rotatable bonds is 3. The summed E-state index contributed by atoms with van der Waals surface area (Å²) >= 11 is 19.6. The van der Waals surface area contributed by atoms with E-state index in [1.54, 1.807) is 6.07 Å². The summed E-state index contributed by atoms with van der Waals surface area (Å²) in [6.45, 7) is 0. The number of carboxylic acid groups (broad SMARTS) is 2. The maximum absolute atomic E-state index is 11.6. The number of carbonyl (C=O) groups excluding carboxylic acids is 2. The van der Waals surface area contributed by atoms with Crippen molar-refractivity contribution in [1.29, 1.82) is 0 Å². The topological polar surface area (TPSA) is 155 Å². The monoisotopic (exact) mass is 1170 g/mol. The van der Waals surface area contributed by atoms with E-state index in [1.807, 2.05) is 0 Å². The van der Waals surface area contributed by atoms with E-state index in [0.717, 1.165) is 22.9 Å². The minimum atomic E-state index is -5.10. The number of aliphatic carboxylic acids is 2. The first-order chi connectivity index (χ1) is 13.8. The smallest absolute Gasteiger partial charge is 0.548 e. The fourth-order valence-electron chi connectivity index (χ4n) is 2.27. The van der Waals surface area contributed by atoms with Gasteiger partial charge in [0.15, 0.2) is 3.66 Å². The van der Waals surface area contributed by atoms with Crippen molar-refractivity contribution in [2.24, 2.45) is 0 Å². The third-order valence-corrected chi connectivity index (χ3v) is 20.7. The van der Waals surface area contributed by atoms with E-state index >= 15 is 0 Å². The number of allylic oxidation sites excluding steroid dienone is 1. The van der Waals surface area contributed by atoms with Crippen molar-refractivity contribution in [2.75, 3.05) is 0 Å². The number of aromatic hydroxyl groups is 1. The van der Waals surface area contributed by atoms with Gasteiger partial charge in [0, 0.05) is 10.7 Å². The maximum atomic E-state index is 11.6. The summed E-state index contributed by atoms with van der Waals surface area (Å²) in [7, 11) is -5.10. The summed E-state index contributed by atoms with van der Waals surface area (Å²) in [4.78, 5) is 21.5. The standard InChI is InChI=1S/C8H6Br4O7S.C6H2I4O.2Li/c9-3-1-2-6(10,4(13)14)7(11,5(15)16)8(3,12)20(17,18)19;7-2-1-3(11)5(9)6(10)4(2)8;;/h1-3H,(H,13,14)(H,15,16)(H,17,18,19);1,11H;;/q;;2*+1/p-2. The Morgan fingerprint density at radius 3 is 1.79 bits per heavy atom. The Hall–Kier alpha value is 3.64. The van der Waals surface area contributed by atoms with E-state index in [1.165, 1.54) is 3.57 Å². The van der Waals surface area contributed by atoms with Gasteiger partial charge in [0.25, 0.3) is 10.1 Å². The molecule has 0 aromatic heterocycles. The van der Waals surface area contributed by atoms with Crippen molar-refractivity contribution in [3.63, 3.8) is 0 Å². The number of carboxylic acids is 2. The van der Waals surface area contributed by atoms with Crippen LogP contribution in [0.4, 0.5) is 0 Å². The molecule has 4 atom stereocenters. The average molecular weight is 1180 g/mol. The van der Waals surface area contributed by atoms with Gasteiger partial charge >= 0.3 is 37.7 Å². The van der Waals surface area contributed by atoms with Gasteiger partial charge in [-0.3, -0.25) is 4.55 Å². The first kappa shape index (κ1) is 38.8. The van der Waals surface area contributed by atoms with Crippen molar-refractivity contribution >= 4 is 176 Å². The van der Waals surface area contributed by atoms with Gasteiger partial charge in [0.05, 0.1) is 20.3 Å². The van der Waals surface area contributed by atoms with Crippen LogP contribution >= 0.6 is 154 Å². The van der Waals surface area contributed by atoms with Gasteiger partial charge in [0.1, 0.15) is 14.4 Å². The molecule has 0 saturated heterocycles. The van der Waals surface area contributed by atoms with Crippen LogP contribution in [0.25, 0.3) is 0 Å². The van der Waals surface area contributed by atoms with Gasteiger partial charge in [-0.2, -0.15) is 8.42 Å². The average Bonchev–Trinajstić information content (AvgIpc) is 2.65. The molecule has 33 heavy (non-hydrogen) atoms. The molecule has 174 valence electrons. The second-order valence-electron chi connectivity index (χ2n) is 5.65. The van der Waals surface area contributed by atoms with Crippen LogP contribution in [-0.4, -0.2) is 47.1 Å². The summed E-state index contributed by atoms with van der Waals surface area (Å²) < 4.78 is 29.0. The van der Waals surface area contributed by atoms with Crippen molar-refractivity contribution in [3.05, 3.63) is 32.5 Å². The number of alkyl halides is 4. The Bertz CT molecular complexity index is 1060. The van der Waals surface area contributed by atoms with Gasteiger partial charge in [-0.25, -0.2) is 0 Å². The van der Waals surface area contributed by atoms with E-state index in [4.69, 9.17) is 0 Å². The van der Waals surface area contributed by atoms with Gasteiger partial charge in [-0.1, -0.05) is 75.9 Å². The minimum absolute atomic E-state index is 0. The van der Waals surface area contributed by atoms with E-state index in [0.29, 0.717) is 5.75 Å². The number of benzene rings is 1. The van der Waals surface area contributed by atoms with Gasteiger partial charge in [0.2, 0.25) is 0 Å². The first-order valence-electron chi connectivity index (χ1n) is 7.12. The van der Waals surface area contributed by atoms with E-state index in [9.17, 15) is 37.9 Å². The van der Waals surface area contributed by atoms with Crippen LogP contribution < -0.4 is 47.9 Å². The Balaban J connectivity index is 0. The van der Waals surface area contributed by atoms with Crippen LogP contribution in [0, 0.1) is 14.3 Å². The molecule has 19 heteroatoms. The van der Waals surface area contributed by atoms with E-state index < -0.39 is 39.2 Å². The SMILES string of the molecule is O=C([O-])C1(Br)C=CC(Br)C(Br)(S(=O)(=O)O)C1(Br)C(=O)[O-].Oc1cc(I)c(I)c(I)c1I.[Li+].[Li+]. The molecule has 2 N–H and O–H groups in total. The third kappa shape index (κ3) is 7.24.